The van der Waals surface area contributed by atoms with E-state index in [1.54, 1.807) is 0 Å². The topological polar surface area (TPSA) is 24.9 Å². The predicted molar refractivity (Wildman–Crippen MR) is 69.7 cm³/mol. The third-order valence-corrected chi connectivity index (χ3v) is 3.04. The Morgan fingerprint density at radius 1 is 1.06 bits per heavy atom. The van der Waals surface area contributed by atoms with E-state index in [2.05, 4.69) is 55.3 Å². The first kappa shape index (κ1) is 10.9. The molecule has 2 nitrogen and oxygen atoms in total. The Morgan fingerprint density at radius 2 is 1.81 bits per heavy atom. The van der Waals surface area contributed by atoms with Gasteiger partial charge >= 0.3 is 0 Å². The molecular weight excluding hydrogens is 196 g/mol. The largest absolute Gasteiger partial charge is 0.367 e. The molecule has 84 valence electrons. The van der Waals surface area contributed by atoms with Crippen molar-refractivity contribution in [3.63, 3.8) is 0 Å². The summed E-state index contributed by atoms with van der Waals surface area (Å²) in [5.41, 5.74) is 0. The maximum absolute atomic E-state index is 4.42. The molecule has 1 aromatic heterocycles. The molecule has 1 N–H and O–H groups in total. The Morgan fingerprint density at radius 3 is 2.56 bits per heavy atom. The fourth-order valence-corrected chi connectivity index (χ4v) is 1.62. The van der Waals surface area contributed by atoms with Gasteiger partial charge in [-0.3, -0.25) is 0 Å². The quantitative estimate of drug-likeness (QED) is 0.842. The second-order valence-corrected chi connectivity index (χ2v) is 4.56. The van der Waals surface area contributed by atoms with E-state index in [1.807, 2.05) is 12.3 Å². The third kappa shape index (κ3) is 2.16. The predicted octanol–water partition coefficient (Wildman–Crippen LogP) is 3.69. The monoisotopic (exact) mass is 214 g/mol. The van der Waals surface area contributed by atoms with Crippen LogP contribution in [0.1, 0.15) is 20.8 Å². The summed E-state index contributed by atoms with van der Waals surface area (Å²) in [6, 6.07) is 10.8. The molecule has 0 aliphatic carbocycles. The molecule has 0 bridgehead atoms. The highest BCUT2D eigenvalue weighted by Crippen LogP contribution is 2.21. The minimum atomic E-state index is 0.429. The van der Waals surface area contributed by atoms with E-state index in [1.165, 1.54) is 10.8 Å². The number of hydrogen-bond acceptors (Lipinski definition) is 2. The zero-order valence-corrected chi connectivity index (χ0v) is 10.1. The van der Waals surface area contributed by atoms with Crippen molar-refractivity contribution in [1.82, 2.24) is 4.98 Å². The number of benzene rings is 1. The van der Waals surface area contributed by atoms with Crippen LogP contribution in [0.25, 0.3) is 10.8 Å². The Balaban J connectivity index is 2.37. The fraction of sp³-hybridized carbons (Fsp3) is 0.357. The van der Waals surface area contributed by atoms with E-state index in [4.69, 9.17) is 0 Å². The van der Waals surface area contributed by atoms with Crippen LogP contribution in [0.3, 0.4) is 0 Å². The Kier molecular flexibility index (Phi) is 3.09. The molecule has 0 saturated heterocycles. The van der Waals surface area contributed by atoms with Crippen LogP contribution in [0.15, 0.2) is 36.5 Å². The van der Waals surface area contributed by atoms with Crippen molar-refractivity contribution in [3.8, 4) is 0 Å². The molecule has 0 aliphatic heterocycles. The number of hydrogen-bond donors (Lipinski definition) is 1. The van der Waals surface area contributed by atoms with Crippen LogP contribution in [-0.2, 0) is 0 Å². The highest BCUT2D eigenvalue weighted by Gasteiger charge is 2.09. The van der Waals surface area contributed by atoms with Gasteiger partial charge < -0.3 is 5.32 Å². The van der Waals surface area contributed by atoms with Crippen molar-refractivity contribution in [2.24, 2.45) is 5.92 Å². The lowest BCUT2D eigenvalue weighted by Gasteiger charge is -2.19. The molecule has 0 fully saturated rings. The number of fused-ring (bicyclic) bond motifs is 1. The molecule has 0 radical (unpaired) electrons. The molecule has 1 unspecified atom stereocenters. The fourth-order valence-electron chi connectivity index (χ4n) is 1.62. The van der Waals surface area contributed by atoms with Crippen LogP contribution in [0.2, 0.25) is 0 Å². The third-order valence-electron chi connectivity index (χ3n) is 3.04. The number of nitrogens with zero attached hydrogens (tertiary/aromatic N) is 1. The van der Waals surface area contributed by atoms with E-state index in [-0.39, 0.29) is 0 Å². The van der Waals surface area contributed by atoms with Crippen LogP contribution in [-0.4, -0.2) is 11.0 Å². The van der Waals surface area contributed by atoms with E-state index < -0.39 is 0 Å². The maximum atomic E-state index is 4.42. The standard InChI is InChI=1S/C14H18N2/c1-10(2)11(3)16-14-13-7-5-4-6-12(13)8-9-15-14/h4-11H,1-3H3,(H,15,16). The summed E-state index contributed by atoms with van der Waals surface area (Å²) in [5, 5.41) is 5.90. The molecule has 0 saturated carbocycles. The molecule has 1 heterocycles. The van der Waals surface area contributed by atoms with Gasteiger partial charge in [-0.05, 0) is 24.3 Å². The van der Waals surface area contributed by atoms with Crippen molar-refractivity contribution in [2.45, 2.75) is 26.8 Å². The summed E-state index contributed by atoms with van der Waals surface area (Å²) >= 11 is 0. The summed E-state index contributed by atoms with van der Waals surface area (Å²) in [6.07, 6.45) is 1.86. The highest BCUT2D eigenvalue weighted by molar-refractivity contribution is 5.91. The number of aromatic nitrogens is 1. The van der Waals surface area contributed by atoms with Gasteiger partial charge in [-0.15, -0.1) is 0 Å². The minimum absolute atomic E-state index is 0.429. The zero-order chi connectivity index (χ0) is 11.5. The van der Waals surface area contributed by atoms with Gasteiger partial charge in [-0.25, -0.2) is 4.98 Å². The molecule has 1 atom stereocenters. The smallest absolute Gasteiger partial charge is 0.134 e. The lowest BCUT2D eigenvalue weighted by atomic mass is 10.1. The molecule has 0 amide bonds. The van der Waals surface area contributed by atoms with Gasteiger partial charge in [0.1, 0.15) is 5.82 Å². The Labute approximate surface area is 96.7 Å². The van der Waals surface area contributed by atoms with E-state index in [9.17, 15) is 0 Å². The van der Waals surface area contributed by atoms with Crippen LogP contribution in [0.4, 0.5) is 5.82 Å². The highest BCUT2D eigenvalue weighted by atomic mass is 15.0. The second-order valence-electron chi connectivity index (χ2n) is 4.56. The summed E-state index contributed by atoms with van der Waals surface area (Å²) in [6.45, 7) is 6.61. The molecule has 0 spiro atoms. The summed E-state index contributed by atoms with van der Waals surface area (Å²) in [5.74, 6) is 1.58. The van der Waals surface area contributed by atoms with Gasteiger partial charge in [0.15, 0.2) is 0 Å². The molecule has 1 aromatic carbocycles. The van der Waals surface area contributed by atoms with Gasteiger partial charge in [0.2, 0.25) is 0 Å². The average molecular weight is 214 g/mol. The van der Waals surface area contributed by atoms with Gasteiger partial charge in [-0.1, -0.05) is 38.1 Å². The number of anilines is 1. The molecular formula is C14H18N2. The summed E-state index contributed by atoms with van der Waals surface area (Å²) < 4.78 is 0. The first-order valence-corrected chi connectivity index (χ1v) is 5.79. The molecule has 0 aliphatic rings. The summed E-state index contributed by atoms with van der Waals surface area (Å²) in [7, 11) is 0. The summed E-state index contributed by atoms with van der Waals surface area (Å²) in [4.78, 5) is 4.42. The number of nitrogens with one attached hydrogen (secondary N) is 1. The van der Waals surface area contributed by atoms with E-state index >= 15 is 0 Å². The first-order chi connectivity index (χ1) is 7.68. The first-order valence-electron chi connectivity index (χ1n) is 5.79. The van der Waals surface area contributed by atoms with Crippen molar-refractivity contribution < 1.29 is 0 Å². The van der Waals surface area contributed by atoms with Crippen LogP contribution in [0.5, 0.6) is 0 Å². The normalized spacial score (nSPS) is 13.0. The van der Waals surface area contributed by atoms with E-state index in [0.717, 1.165) is 5.82 Å². The molecule has 16 heavy (non-hydrogen) atoms. The molecule has 2 rings (SSSR count). The van der Waals surface area contributed by atoms with Crippen molar-refractivity contribution in [3.05, 3.63) is 36.5 Å². The minimum Gasteiger partial charge on any atom is -0.367 e. The zero-order valence-electron chi connectivity index (χ0n) is 10.1. The number of rotatable bonds is 3. The van der Waals surface area contributed by atoms with E-state index in [0.29, 0.717) is 12.0 Å². The Bertz CT molecular complexity index is 472. The Hall–Kier alpha value is -1.57. The average Bonchev–Trinajstić information content (AvgIpc) is 2.29. The molecule has 2 heteroatoms. The van der Waals surface area contributed by atoms with Gasteiger partial charge in [0, 0.05) is 17.6 Å². The van der Waals surface area contributed by atoms with Crippen LogP contribution < -0.4 is 5.32 Å². The second kappa shape index (κ2) is 4.52. The van der Waals surface area contributed by atoms with Crippen LogP contribution >= 0.6 is 0 Å². The number of pyridine rings is 1. The molecule has 2 aromatic rings. The van der Waals surface area contributed by atoms with Gasteiger partial charge in [0.05, 0.1) is 0 Å². The van der Waals surface area contributed by atoms with Crippen LogP contribution in [0, 0.1) is 5.92 Å². The van der Waals surface area contributed by atoms with Crippen molar-refractivity contribution >= 4 is 16.6 Å². The SMILES string of the molecule is CC(C)C(C)Nc1nccc2ccccc12. The maximum Gasteiger partial charge on any atom is 0.134 e. The lowest BCUT2D eigenvalue weighted by Crippen LogP contribution is -2.22. The van der Waals surface area contributed by atoms with Crippen molar-refractivity contribution in [2.75, 3.05) is 5.32 Å². The van der Waals surface area contributed by atoms with Crippen molar-refractivity contribution in [1.29, 1.82) is 0 Å². The van der Waals surface area contributed by atoms with Gasteiger partial charge in [0.25, 0.3) is 0 Å². The lowest BCUT2D eigenvalue weighted by molar-refractivity contribution is 0.559. The van der Waals surface area contributed by atoms with Gasteiger partial charge in [-0.2, -0.15) is 0 Å².